The minimum Gasteiger partial charge on any atom is -0.385 e. The number of nitrogens with zero attached hydrogens (tertiary/aromatic N) is 1. The van der Waals surface area contributed by atoms with Gasteiger partial charge in [0.1, 0.15) is 0 Å². The lowest BCUT2D eigenvalue weighted by Gasteiger charge is -2.37. The van der Waals surface area contributed by atoms with Gasteiger partial charge in [-0.25, -0.2) is 0 Å². The van der Waals surface area contributed by atoms with E-state index < -0.39 is 0 Å². The fourth-order valence-corrected chi connectivity index (χ4v) is 1.54. The van der Waals surface area contributed by atoms with Crippen molar-refractivity contribution in [3.8, 4) is 0 Å². The third-order valence-corrected chi connectivity index (χ3v) is 2.48. The van der Waals surface area contributed by atoms with Crippen molar-refractivity contribution < 1.29 is 4.74 Å². The first-order valence-electron chi connectivity index (χ1n) is 4.82. The molecule has 1 N–H and O–H groups in total. The second kappa shape index (κ2) is 5.51. The smallest absolute Gasteiger partial charge is 0.0474 e. The largest absolute Gasteiger partial charge is 0.385 e. The minimum atomic E-state index is 0.784. The molecule has 0 saturated carbocycles. The van der Waals surface area contributed by atoms with E-state index in [9.17, 15) is 0 Å². The molecule has 0 atom stereocenters. The number of hydrogen-bond donors (Lipinski definition) is 1. The molecule has 0 amide bonds. The lowest BCUT2D eigenvalue weighted by Crippen LogP contribution is -2.57. The van der Waals surface area contributed by atoms with Gasteiger partial charge in [0.2, 0.25) is 0 Å². The van der Waals surface area contributed by atoms with Gasteiger partial charge in [-0.05, 0) is 13.0 Å². The van der Waals surface area contributed by atoms with Crippen LogP contribution in [-0.2, 0) is 4.74 Å². The molecule has 0 aromatic carbocycles. The van der Waals surface area contributed by atoms with Crippen LogP contribution < -0.4 is 5.32 Å². The number of nitrogens with one attached hydrogen (secondary N) is 1. The topological polar surface area (TPSA) is 24.5 Å². The van der Waals surface area contributed by atoms with E-state index in [0.717, 1.165) is 25.6 Å². The van der Waals surface area contributed by atoms with Gasteiger partial charge in [-0.2, -0.15) is 0 Å². The molecule has 1 saturated heterocycles. The predicted molar refractivity (Wildman–Crippen MR) is 50.4 cm³/mol. The van der Waals surface area contributed by atoms with E-state index in [1.807, 2.05) is 0 Å². The van der Waals surface area contributed by atoms with Crippen LogP contribution in [0.15, 0.2) is 0 Å². The molecular weight excluding hydrogens is 152 g/mol. The molecule has 12 heavy (non-hydrogen) atoms. The first-order chi connectivity index (χ1) is 5.88. The van der Waals surface area contributed by atoms with Gasteiger partial charge in [0.15, 0.2) is 0 Å². The average molecular weight is 172 g/mol. The van der Waals surface area contributed by atoms with Gasteiger partial charge in [-0.1, -0.05) is 6.92 Å². The van der Waals surface area contributed by atoms with Crippen molar-refractivity contribution in [2.75, 3.05) is 39.9 Å². The molecule has 1 heterocycles. The molecule has 72 valence electrons. The van der Waals surface area contributed by atoms with E-state index in [0.29, 0.717) is 0 Å². The molecule has 0 aromatic heterocycles. The predicted octanol–water partition coefficient (Wildman–Crippen LogP) is 0.317. The number of rotatable bonds is 6. The third kappa shape index (κ3) is 2.73. The summed E-state index contributed by atoms with van der Waals surface area (Å²) < 4.78 is 5.03. The maximum absolute atomic E-state index is 5.03. The molecule has 0 radical (unpaired) electrons. The van der Waals surface area contributed by atoms with E-state index >= 15 is 0 Å². The van der Waals surface area contributed by atoms with E-state index in [-0.39, 0.29) is 0 Å². The standard InChI is InChI=1S/C9H20N2O/c1-3-11(5-4-6-12-2)9-7-10-8-9/h9-10H,3-8H2,1-2H3. The van der Waals surface area contributed by atoms with Crippen molar-refractivity contribution in [2.24, 2.45) is 0 Å². The maximum atomic E-state index is 5.03. The quantitative estimate of drug-likeness (QED) is 0.584. The van der Waals surface area contributed by atoms with Gasteiger partial charge in [0.05, 0.1) is 0 Å². The van der Waals surface area contributed by atoms with Crippen molar-refractivity contribution >= 4 is 0 Å². The van der Waals surface area contributed by atoms with Crippen molar-refractivity contribution in [1.82, 2.24) is 10.2 Å². The molecule has 0 unspecified atom stereocenters. The number of hydrogen-bond acceptors (Lipinski definition) is 3. The second-order valence-corrected chi connectivity index (χ2v) is 3.29. The molecule has 1 aliphatic rings. The molecular formula is C9H20N2O. The zero-order valence-corrected chi connectivity index (χ0v) is 8.18. The molecule has 0 spiro atoms. The van der Waals surface area contributed by atoms with Crippen LogP contribution in [0, 0.1) is 0 Å². The van der Waals surface area contributed by atoms with Crippen LogP contribution in [0.1, 0.15) is 13.3 Å². The van der Waals surface area contributed by atoms with Crippen LogP contribution >= 0.6 is 0 Å². The molecule has 0 bridgehead atoms. The van der Waals surface area contributed by atoms with Gasteiger partial charge >= 0.3 is 0 Å². The molecule has 3 nitrogen and oxygen atoms in total. The third-order valence-electron chi connectivity index (χ3n) is 2.48. The Bertz CT molecular complexity index is 115. The summed E-state index contributed by atoms with van der Waals surface area (Å²) in [6.07, 6.45) is 1.15. The van der Waals surface area contributed by atoms with Gasteiger partial charge in [-0.15, -0.1) is 0 Å². The lowest BCUT2D eigenvalue weighted by atomic mass is 10.1. The Morgan fingerprint density at radius 2 is 2.25 bits per heavy atom. The van der Waals surface area contributed by atoms with E-state index in [1.54, 1.807) is 7.11 Å². The summed E-state index contributed by atoms with van der Waals surface area (Å²) in [6.45, 7) is 7.79. The fraction of sp³-hybridized carbons (Fsp3) is 1.00. The SMILES string of the molecule is CCN(CCCOC)C1CNC1. The Hall–Kier alpha value is -0.120. The number of likely N-dealkylation sites (N-methyl/N-ethyl adjacent to an activating group) is 1. The Morgan fingerprint density at radius 1 is 1.50 bits per heavy atom. The van der Waals surface area contributed by atoms with Crippen molar-refractivity contribution in [1.29, 1.82) is 0 Å². The second-order valence-electron chi connectivity index (χ2n) is 3.29. The minimum absolute atomic E-state index is 0.784. The normalized spacial score (nSPS) is 18.2. The van der Waals surface area contributed by atoms with E-state index in [2.05, 4.69) is 17.1 Å². The summed E-state index contributed by atoms with van der Waals surface area (Å²) >= 11 is 0. The van der Waals surface area contributed by atoms with Crippen LogP contribution in [0.3, 0.4) is 0 Å². The number of ether oxygens (including phenoxy) is 1. The van der Waals surface area contributed by atoms with Crippen LogP contribution in [0.4, 0.5) is 0 Å². The molecule has 0 aromatic rings. The highest BCUT2D eigenvalue weighted by molar-refractivity contribution is 4.83. The van der Waals surface area contributed by atoms with Gasteiger partial charge in [0.25, 0.3) is 0 Å². The summed E-state index contributed by atoms with van der Waals surface area (Å²) in [5, 5.41) is 3.29. The van der Waals surface area contributed by atoms with Gasteiger partial charge in [0, 0.05) is 39.4 Å². The Labute approximate surface area is 75.1 Å². The summed E-state index contributed by atoms with van der Waals surface area (Å²) in [4.78, 5) is 2.52. The highest BCUT2D eigenvalue weighted by Gasteiger charge is 2.22. The number of methoxy groups -OCH3 is 1. The Kier molecular flexibility index (Phi) is 4.58. The Morgan fingerprint density at radius 3 is 2.67 bits per heavy atom. The molecule has 3 heteroatoms. The molecule has 1 rings (SSSR count). The highest BCUT2D eigenvalue weighted by atomic mass is 16.5. The van der Waals surface area contributed by atoms with Crippen LogP contribution in [-0.4, -0.2) is 50.8 Å². The van der Waals surface area contributed by atoms with Crippen molar-refractivity contribution in [3.05, 3.63) is 0 Å². The van der Waals surface area contributed by atoms with Gasteiger partial charge in [-0.3, -0.25) is 4.90 Å². The van der Waals surface area contributed by atoms with Crippen LogP contribution in [0.5, 0.6) is 0 Å². The molecule has 0 aliphatic carbocycles. The zero-order chi connectivity index (χ0) is 8.81. The summed E-state index contributed by atoms with van der Waals surface area (Å²) in [5.41, 5.74) is 0. The molecule has 1 aliphatic heterocycles. The summed E-state index contributed by atoms with van der Waals surface area (Å²) in [6, 6.07) is 0.784. The van der Waals surface area contributed by atoms with Gasteiger partial charge < -0.3 is 10.1 Å². The van der Waals surface area contributed by atoms with E-state index in [1.165, 1.54) is 19.6 Å². The first-order valence-corrected chi connectivity index (χ1v) is 4.82. The Balaban J connectivity index is 2.07. The van der Waals surface area contributed by atoms with Crippen molar-refractivity contribution in [3.63, 3.8) is 0 Å². The summed E-state index contributed by atoms with van der Waals surface area (Å²) in [5.74, 6) is 0. The first kappa shape index (κ1) is 9.96. The molecule has 1 fully saturated rings. The van der Waals surface area contributed by atoms with E-state index in [4.69, 9.17) is 4.74 Å². The van der Waals surface area contributed by atoms with Crippen LogP contribution in [0.2, 0.25) is 0 Å². The lowest BCUT2D eigenvalue weighted by molar-refractivity contribution is 0.126. The zero-order valence-electron chi connectivity index (χ0n) is 8.18. The highest BCUT2D eigenvalue weighted by Crippen LogP contribution is 2.04. The summed E-state index contributed by atoms with van der Waals surface area (Å²) in [7, 11) is 1.77. The average Bonchev–Trinajstić information content (AvgIpc) is 1.99. The maximum Gasteiger partial charge on any atom is 0.0474 e. The fourth-order valence-electron chi connectivity index (χ4n) is 1.54. The van der Waals surface area contributed by atoms with Crippen LogP contribution in [0.25, 0.3) is 0 Å². The van der Waals surface area contributed by atoms with Crippen molar-refractivity contribution in [2.45, 2.75) is 19.4 Å². The monoisotopic (exact) mass is 172 g/mol.